The van der Waals surface area contributed by atoms with Crippen molar-refractivity contribution in [3.63, 3.8) is 0 Å². The highest BCUT2D eigenvalue weighted by Crippen LogP contribution is 2.30. The van der Waals surface area contributed by atoms with E-state index >= 15 is 0 Å². The Kier molecular flexibility index (Phi) is 4.66. The number of carbonyl (C=O) groups is 2. The van der Waals surface area contributed by atoms with Crippen molar-refractivity contribution < 1.29 is 23.1 Å². The molecule has 1 atom stereocenters. The maximum absolute atomic E-state index is 14.7. The normalized spacial score (nSPS) is 16.2. The number of benzene rings is 1. The summed E-state index contributed by atoms with van der Waals surface area (Å²) in [5.74, 6) is -0.413. The first-order valence-corrected chi connectivity index (χ1v) is 8.63. The highest BCUT2D eigenvalue weighted by molar-refractivity contribution is 5.90. The largest absolute Gasteiger partial charge is 0.444 e. The third kappa shape index (κ3) is 3.63. The number of amides is 2. The summed E-state index contributed by atoms with van der Waals surface area (Å²) in [6.45, 7) is 1.76. The summed E-state index contributed by atoms with van der Waals surface area (Å²) in [6.07, 6.45) is 0.211. The Hall–Kier alpha value is -3.83. The van der Waals surface area contributed by atoms with Gasteiger partial charge in [0.2, 0.25) is 17.6 Å². The lowest BCUT2D eigenvalue weighted by atomic mass is 10.1. The van der Waals surface area contributed by atoms with Gasteiger partial charge in [-0.1, -0.05) is 0 Å². The average Bonchev–Trinajstić information content (AvgIpc) is 3.39. The molecule has 4 rings (SSSR count). The summed E-state index contributed by atoms with van der Waals surface area (Å²) < 4.78 is 26.7. The van der Waals surface area contributed by atoms with Crippen LogP contribution in [0.4, 0.5) is 14.9 Å². The number of cyclic esters (lactones) is 1. The molecule has 2 aromatic heterocycles. The minimum absolute atomic E-state index is 0.0552. The summed E-state index contributed by atoms with van der Waals surface area (Å²) in [5.41, 5.74) is 0.809. The van der Waals surface area contributed by atoms with Crippen LogP contribution in [-0.2, 0) is 16.6 Å². The number of aromatic nitrogens is 5. The topological polar surface area (TPSA) is 128 Å². The maximum atomic E-state index is 14.7. The van der Waals surface area contributed by atoms with Gasteiger partial charge in [0, 0.05) is 14.0 Å². The standard InChI is InChI=1S/C17H16FN7O4/c1-9(26)19-6-11-7-25(17(27)29-11)10-3-4-12(13(18)5-10)16-20-14(8-28-16)15-21-22-23-24(15)2/h3-5,8,11H,6-7H2,1-2H3,(H,19,26). The predicted octanol–water partition coefficient (Wildman–Crippen LogP) is 1.13. The van der Waals surface area contributed by atoms with E-state index < -0.39 is 18.0 Å². The first kappa shape index (κ1) is 18.5. The second-order valence-corrected chi connectivity index (χ2v) is 6.38. The number of hydrogen-bond acceptors (Lipinski definition) is 8. The van der Waals surface area contributed by atoms with E-state index in [2.05, 4.69) is 25.8 Å². The minimum atomic E-state index is -0.620. The summed E-state index contributed by atoms with van der Waals surface area (Å²) >= 11 is 0. The first-order chi connectivity index (χ1) is 13.9. The van der Waals surface area contributed by atoms with Crippen molar-refractivity contribution in [2.45, 2.75) is 13.0 Å². The molecule has 0 saturated carbocycles. The molecule has 2 amide bonds. The van der Waals surface area contributed by atoms with Crippen LogP contribution in [-0.4, -0.2) is 56.4 Å². The third-order valence-corrected chi connectivity index (χ3v) is 4.30. The van der Waals surface area contributed by atoms with E-state index in [1.807, 2.05) is 0 Å². The maximum Gasteiger partial charge on any atom is 0.414 e. The van der Waals surface area contributed by atoms with E-state index in [1.54, 1.807) is 13.1 Å². The highest BCUT2D eigenvalue weighted by Gasteiger charge is 2.33. The van der Waals surface area contributed by atoms with E-state index in [0.29, 0.717) is 17.2 Å². The van der Waals surface area contributed by atoms with Gasteiger partial charge in [-0.05, 0) is 28.6 Å². The minimum Gasteiger partial charge on any atom is -0.444 e. The summed E-state index contributed by atoms with van der Waals surface area (Å²) in [4.78, 5) is 28.6. The predicted molar refractivity (Wildman–Crippen MR) is 96.0 cm³/mol. The fraction of sp³-hybridized carbons (Fsp3) is 0.294. The molecular weight excluding hydrogens is 385 g/mol. The Morgan fingerprint density at radius 3 is 2.93 bits per heavy atom. The monoisotopic (exact) mass is 401 g/mol. The molecule has 0 aliphatic carbocycles. The van der Waals surface area contributed by atoms with E-state index in [-0.39, 0.29) is 30.5 Å². The Morgan fingerprint density at radius 1 is 1.41 bits per heavy atom. The third-order valence-electron chi connectivity index (χ3n) is 4.30. The fourth-order valence-electron chi connectivity index (χ4n) is 2.89. The quantitative estimate of drug-likeness (QED) is 0.674. The van der Waals surface area contributed by atoms with Crippen LogP contribution in [0.3, 0.4) is 0 Å². The van der Waals surface area contributed by atoms with Crippen molar-refractivity contribution in [3.8, 4) is 23.0 Å². The number of rotatable bonds is 5. The first-order valence-electron chi connectivity index (χ1n) is 8.63. The lowest BCUT2D eigenvalue weighted by Crippen LogP contribution is -2.33. The molecule has 0 radical (unpaired) electrons. The van der Waals surface area contributed by atoms with Gasteiger partial charge >= 0.3 is 6.09 Å². The molecule has 3 aromatic rings. The van der Waals surface area contributed by atoms with Crippen LogP contribution in [0.15, 0.2) is 28.9 Å². The van der Waals surface area contributed by atoms with Crippen LogP contribution in [0.1, 0.15) is 6.92 Å². The smallest absolute Gasteiger partial charge is 0.414 e. The van der Waals surface area contributed by atoms with Gasteiger partial charge in [-0.15, -0.1) is 5.10 Å². The number of nitrogens with one attached hydrogen (secondary N) is 1. The van der Waals surface area contributed by atoms with Gasteiger partial charge < -0.3 is 14.5 Å². The SMILES string of the molecule is CC(=O)NCC1CN(c2ccc(-c3nc(-c4nnnn4C)co3)c(F)c2)C(=O)O1. The number of nitrogens with zero attached hydrogens (tertiary/aromatic N) is 6. The number of anilines is 1. The van der Waals surface area contributed by atoms with Crippen molar-refractivity contribution in [1.82, 2.24) is 30.5 Å². The molecule has 11 nitrogen and oxygen atoms in total. The second-order valence-electron chi connectivity index (χ2n) is 6.38. The Morgan fingerprint density at radius 2 is 2.24 bits per heavy atom. The zero-order valence-corrected chi connectivity index (χ0v) is 15.5. The molecule has 1 saturated heterocycles. The second kappa shape index (κ2) is 7.30. The molecule has 150 valence electrons. The Labute approximate surface area is 163 Å². The number of carbonyl (C=O) groups excluding carboxylic acids is 2. The molecule has 0 bridgehead atoms. The molecule has 1 aromatic carbocycles. The van der Waals surface area contributed by atoms with Crippen molar-refractivity contribution >= 4 is 17.7 Å². The Balaban J connectivity index is 1.53. The molecule has 0 spiro atoms. The fourth-order valence-corrected chi connectivity index (χ4v) is 2.89. The molecule has 1 unspecified atom stereocenters. The van der Waals surface area contributed by atoms with E-state index in [9.17, 15) is 14.0 Å². The molecular formula is C17H16FN7O4. The molecule has 12 heteroatoms. The number of ether oxygens (including phenoxy) is 1. The van der Waals surface area contributed by atoms with Gasteiger partial charge in [-0.25, -0.2) is 18.9 Å². The number of halogens is 1. The van der Waals surface area contributed by atoms with Gasteiger partial charge in [0.25, 0.3) is 0 Å². The molecule has 1 aliphatic heterocycles. The van der Waals surface area contributed by atoms with Gasteiger partial charge in [0.15, 0.2) is 0 Å². The average molecular weight is 401 g/mol. The van der Waals surface area contributed by atoms with Crippen molar-refractivity contribution in [1.29, 1.82) is 0 Å². The van der Waals surface area contributed by atoms with Crippen LogP contribution < -0.4 is 10.2 Å². The van der Waals surface area contributed by atoms with Crippen molar-refractivity contribution in [2.75, 3.05) is 18.0 Å². The highest BCUT2D eigenvalue weighted by atomic mass is 19.1. The lowest BCUT2D eigenvalue weighted by molar-refractivity contribution is -0.119. The van der Waals surface area contributed by atoms with Gasteiger partial charge in [0.1, 0.15) is 23.9 Å². The van der Waals surface area contributed by atoms with Gasteiger partial charge in [0.05, 0.1) is 24.3 Å². The van der Waals surface area contributed by atoms with Crippen LogP contribution >= 0.6 is 0 Å². The number of aryl methyl sites for hydroxylation is 1. The van der Waals surface area contributed by atoms with Gasteiger partial charge in [-0.2, -0.15) is 0 Å². The van der Waals surface area contributed by atoms with E-state index in [4.69, 9.17) is 9.15 Å². The number of hydrogen-bond donors (Lipinski definition) is 1. The molecule has 1 aliphatic rings. The zero-order chi connectivity index (χ0) is 20.5. The number of oxazole rings is 1. The van der Waals surface area contributed by atoms with Crippen LogP contribution in [0.2, 0.25) is 0 Å². The van der Waals surface area contributed by atoms with Crippen LogP contribution in [0, 0.1) is 5.82 Å². The summed E-state index contributed by atoms with van der Waals surface area (Å²) in [6, 6.07) is 4.23. The van der Waals surface area contributed by atoms with Crippen LogP contribution in [0.5, 0.6) is 0 Å². The molecule has 29 heavy (non-hydrogen) atoms. The lowest BCUT2D eigenvalue weighted by Gasteiger charge is -2.13. The summed E-state index contributed by atoms with van der Waals surface area (Å²) in [5, 5.41) is 13.6. The van der Waals surface area contributed by atoms with Crippen molar-refractivity contribution in [3.05, 3.63) is 30.3 Å². The molecule has 1 N–H and O–H groups in total. The van der Waals surface area contributed by atoms with E-state index in [1.165, 1.54) is 34.9 Å². The number of tetrazole rings is 1. The molecule has 1 fully saturated rings. The molecule has 3 heterocycles. The van der Waals surface area contributed by atoms with Gasteiger partial charge in [-0.3, -0.25) is 9.69 Å². The van der Waals surface area contributed by atoms with E-state index in [0.717, 1.165) is 0 Å². The zero-order valence-electron chi connectivity index (χ0n) is 15.5. The van der Waals surface area contributed by atoms with Crippen LogP contribution in [0.25, 0.3) is 23.0 Å². The Bertz CT molecular complexity index is 1080. The van der Waals surface area contributed by atoms with Crippen molar-refractivity contribution in [2.24, 2.45) is 7.05 Å². The summed E-state index contributed by atoms with van der Waals surface area (Å²) in [7, 11) is 1.65.